The van der Waals surface area contributed by atoms with Crippen molar-refractivity contribution in [3.05, 3.63) is 153 Å². The van der Waals surface area contributed by atoms with E-state index in [0.29, 0.717) is 0 Å². The van der Waals surface area contributed by atoms with Gasteiger partial charge < -0.3 is 13.4 Å². The van der Waals surface area contributed by atoms with E-state index in [9.17, 15) is 0 Å². The molecule has 0 atom stereocenters. The smallest absolute Gasteiger partial charge is 0.181 e. The third-order valence-electron chi connectivity index (χ3n) is 8.62. The van der Waals surface area contributed by atoms with E-state index in [0.717, 1.165) is 61.5 Å². The standard InChI is InChI=1S/C40H25N3O2/c1-2-12-33-26(6-1)7-5-13-38(33)43-39-20-29(27-8-3-10-31(18-27)36-22-44-24-41-36)14-16-34(39)35-17-15-30(21-40(35)43)28-9-4-11-32(19-28)37-23-45-25-42-37/h1-25H. The molecule has 0 fully saturated rings. The van der Waals surface area contributed by atoms with Gasteiger partial charge in [0.1, 0.15) is 23.9 Å². The lowest BCUT2D eigenvalue weighted by Gasteiger charge is -2.13. The first-order valence-corrected chi connectivity index (χ1v) is 14.8. The number of rotatable bonds is 5. The van der Waals surface area contributed by atoms with Crippen LogP contribution < -0.4 is 0 Å². The van der Waals surface area contributed by atoms with Crippen LogP contribution >= 0.6 is 0 Å². The molecule has 9 rings (SSSR count). The topological polar surface area (TPSA) is 57.0 Å². The van der Waals surface area contributed by atoms with Crippen LogP contribution in [0.5, 0.6) is 0 Å². The first kappa shape index (κ1) is 25.3. The molecule has 3 heterocycles. The van der Waals surface area contributed by atoms with Crippen molar-refractivity contribution < 1.29 is 8.83 Å². The fraction of sp³-hybridized carbons (Fsp3) is 0. The Hall–Kier alpha value is -6.20. The maximum absolute atomic E-state index is 5.25. The molecule has 0 aliphatic carbocycles. The fourth-order valence-electron chi connectivity index (χ4n) is 6.47. The Balaban J connectivity index is 1.29. The van der Waals surface area contributed by atoms with Crippen LogP contribution in [0.25, 0.3) is 83.0 Å². The molecular weight excluding hydrogens is 554 g/mol. The Labute approximate surface area is 258 Å². The average Bonchev–Trinajstić information content (AvgIpc) is 3.89. The number of nitrogens with zero attached hydrogens (tertiary/aromatic N) is 3. The molecule has 0 N–H and O–H groups in total. The van der Waals surface area contributed by atoms with Crippen LogP contribution in [-0.4, -0.2) is 14.5 Å². The third kappa shape index (κ3) is 4.25. The van der Waals surface area contributed by atoms with Crippen molar-refractivity contribution in [1.29, 1.82) is 0 Å². The number of hydrogen-bond donors (Lipinski definition) is 0. The molecule has 5 nitrogen and oxygen atoms in total. The van der Waals surface area contributed by atoms with Gasteiger partial charge in [-0.15, -0.1) is 0 Å². The molecule has 0 spiro atoms. The van der Waals surface area contributed by atoms with E-state index in [4.69, 9.17) is 8.83 Å². The van der Waals surface area contributed by atoms with E-state index >= 15 is 0 Å². The van der Waals surface area contributed by atoms with Gasteiger partial charge in [-0.25, -0.2) is 9.97 Å². The van der Waals surface area contributed by atoms with E-state index in [1.807, 2.05) is 0 Å². The van der Waals surface area contributed by atoms with Gasteiger partial charge in [0.05, 0.1) is 16.7 Å². The van der Waals surface area contributed by atoms with E-state index in [2.05, 4.69) is 142 Å². The van der Waals surface area contributed by atoms with Gasteiger partial charge in [-0.05, 0) is 58.0 Å². The van der Waals surface area contributed by atoms with Crippen molar-refractivity contribution in [3.63, 3.8) is 0 Å². The predicted octanol–water partition coefficient (Wildman–Crippen LogP) is 10.6. The highest BCUT2D eigenvalue weighted by Crippen LogP contribution is 2.39. The Morgan fingerprint density at radius 3 is 1.51 bits per heavy atom. The lowest BCUT2D eigenvalue weighted by atomic mass is 9.99. The van der Waals surface area contributed by atoms with Crippen LogP contribution in [0.15, 0.2) is 162 Å². The second-order valence-corrected chi connectivity index (χ2v) is 11.2. The first-order valence-electron chi connectivity index (χ1n) is 14.8. The molecule has 0 aliphatic heterocycles. The quantitative estimate of drug-likeness (QED) is 0.204. The highest BCUT2D eigenvalue weighted by Gasteiger charge is 2.17. The van der Waals surface area contributed by atoms with Gasteiger partial charge in [0.25, 0.3) is 0 Å². The largest absolute Gasteiger partial charge is 0.451 e. The maximum atomic E-state index is 5.25. The first-order chi connectivity index (χ1) is 22.3. The zero-order chi connectivity index (χ0) is 29.7. The second-order valence-electron chi connectivity index (χ2n) is 11.2. The van der Waals surface area contributed by atoms with E-state index in [-0.39, 0.29) is 0 Å². The van der Waals surface area contributed by atoms with Crippen molar-refractivity contribution in [1.82, 2.24) is 14.5 Å². The summed E-state index contributed by atoms with van der Waals surface area (Å²) >= 11 is 0. The summed E-state index contributed by atoms with van der Waals surface area (Å²) in [5, 5.41) is 4.82. The van der Waals surface area contributed by atoms with Crippen molar-refractivity contribution in [2.24, 2.45) is 0 Å². The van der Waals surface area contributed by atoms with Gasteiger partial charge >= 0.3 is 0 Å². The second kappa shape index (κ2) is 10.2. The Morgan fingerprint density at radius 2 is 0.933 bits per heavy atom. The van der Waals surface area contributed by atoms with Crippen LogP contribution in [0.2, 0.25) is 0 Å². The van der Waals surface area contributed by atoms with Gasteiger partial charge in [-0.1, -0.05) is 97.1 Å². The minimum Gasteiger partial charge on any atom is -0.451 e. The molecule has 0 saturated heterocycles. The maximum Gasteiger partial charge on any atom is 0.181 e. The van der Waals surface area contributed by atoms with Crippen LogP contribution in [0.4, 0.5) is 0 Å². The number of benzene rings is 6. The van der Waals surface area contributed by atoms with E-state index in [1.54, 1.807) is 12.5 Å². The zero-order valence-corrected chi connectivity index (χ0v) is 24.1. The van der Waals surface area contributed by atoms with Gasteiger partial charge in [-0.3, -0.25) is 0 Å². The fourth-order valence-corrected chi connectivity index (χ4v) is 6.47. The number of oxazole rings is 2. The molecule has 212 valence electrons. The Kier molecular flexibility index (Phi) is 5.74. The number of aromatic nitrogens is 3. The van der Waals surface area contributed by atoms with Crippen LogP contribution in [-0.2, 0) is 0 Å². The summed E-state index contributed by atoms with van der Waals surface area (Å²) < 4.78 is 12.9. The van der Waals surface area contributed by atoms with E-state index < -0.39 is 0 Å². The predicted molar refractivity (Wildman–Crippen MR) is 180 cm³/mol. The normalized spacial score (nSPS) is 11.6. The highest BCUT2D eigenvalue weighted by atomic mass is 16.3. The molecule has 0 amide bonds. The summed E-state index contributed by atoms with van der Waals surface area (Å²) in [4.78, 5) is 8.71. The van der Waals surface area contributed by atoms with Crippen LogP contribution in [0.1, 0.15) is 0 Å². The van der Waals surface area contributed by atoms with E-state index in [1.165, 1.54) is 34.3 Å². The van der Waals surface area contributed by atoms with Crippen molar-refractivity contribution in [2.75, 3.05) is 0 Å². The number of fused-ring (bicyclic) bond motifs is 4. The Bertz CT molecular complexity index is 2350. The van der Waals surface area contributed by atoms with Crippen molar-refractivity contribution >= 4 is 32.6 Å². The minimum atomic E-state index is 0.822. The zero-order valence-electron chi connectivity index (χ0n) is 24.1. The highest BCUT2D eigenvalue weighted by molar-refractivity contribution is 6.12. The molecule has 6 aromatic carbocycles. The van der Waals surface area contributed by atoms with Crippen LogP contribution in [0.3, 0.4) is 0 Å². The lowest BCUT2D eigenvalue weighted by Crippen LogP contribution is -1.96. The van der Waals surface area contributed by atoms with Crippen molar-refractivity contribution in [3.8, 4) is 50.5 Å². The molecule has 0 saturated carbocycles. The molecule has 0 radical (unpaired) electrons. The monoisotopic (exact) mass is 579 g/mol. The average molecular weight is 580 g/mol. The van der Waals surface area contributed by atoms with Gasteiger partial charge in [0.2, 0.25) is 0 Å². The molecule has 9 aromatic rings. The third-order valence-corrected chi connectivity index (χ3v) is 8.62. The molecule has 3 aromatic heterocycles. The minimum absolute atomic E-state index is 0.822. The SMILES string of the molecule is c1cc(-c2ccc3c4ccc(-c5cccc(-c6cocn6)c5)cc4n(-c4cccc5ccccc45)c3c2)cc(-c2cocn2)c1. The summed E-state index contributed by atoms with van der Waals surface area (Å²) in [6, 6.07) is 45.6. The molecule has 0 bridgehead atoms. The summed E-state index contributed by atoms with van der Waals surface area (Å²) in [5.41, 5.74) is 11.7. The molecule has 0 aliphatic rings. The molecule has 45 heavy (non-hydrogen) atoms. The van der Waals surface area contributed by atoms with Crippen molar-refractivity contribution in [2.45, 2.75) is 0 Å². The summed E-state index contributed by atoms with van der Waals surface area (Å²) in [5.74, 6) is 0. The Morgan fingerprint density at radius 1 is 0.422 bits per heavy atom. The van der Waals surface area contributed by atoms with Gasteiger partial charge in [0, 0.05) is 27.3 Å². The number of hydrogen-bond acceptors (Lipinski definition) is 4. The van der Waals surface area contributed by atoms with Gasteiger partial charge in [0.15, 0.2) is 12.8 Å². The molecule has 5 heteroatoms. The summed E-state index contributed by atoms with van der Waals surface area (Å²) in [6.07, 6.45) is 6.30. The summed E-state index contributed by atoms with van der Waals surface area (Å²) in [6.45, 7) is 0. The summed E-state index contributed by atoms with van der Waals surface area (Å²) in [7, 11) is 0. The van der Waals surface area contributed by atoms with Gasteiger partial charge in [-0.2, -0.15) is 0 Å². The lowest BCUT2D eigenvalue weighted by molar-refractivity contribution is 0.558. The molecule has 0 unspecified atom stereocenters. The van der Waals surface area contributed by atoms with Crippen LogP contribution in [0, 0.1) is 0 Å². The molecular formula is C40H25N3O2.